The molecule has 7 heteroatoms. The quantitative estimate of drug-likeness (QED) is 0.808. The number of halogens is 1. The smallest absolute Gasteiger partial charge is 0.260 e. The molecule has 6 nitrogen and oxygen atoms in total. The van der Waals surface area contributed by atoms with E-state index in [0.29, 0.717) is 24.9 Å². The topological polar surface area (TPSA) is 51.2 Å². The minimum atomic E-state index is -0.323. The molecular weight excluding hydrogens is 327 g/mol. The third-order valence-corrected chi connectivity index (χ3v) is 5.24. The normalized spacial score (nSPS) is 25.8. The highest BCUT2D eigenvalue weighted by Gasteiger charge is 2.52. The first kappa shape index (κ1) is 16.8. The molecule has 0 bridgehead atoms. The van der Waals surface area contributed by atoms with Gasteiger partial charge in [-0.3, -0.25) is 9.69 Å². The largest absolute Gasteiger partial charge is 0.484 e. The van der Waals surface area contributed by atoms with Gasteiger partial charge in [-0.05, 0) is 30.7 Å². The third kappa shape index (κ3) is 3.63. The standard InChI is InChI=1S/C18H23FN2O4/c19-14-1-3-16(4-2-14)24-11-17(22)21-12-18(13-21)9-15(10-25-18)20-5-7-23-8-6-20/h1-4,15H,5-13H2. The molecule has 1 unspecified atom stereocenters. The Balaban J connectivity index is 1.23. The summed E-state index contributed by atoms with van der Waals surface area (Å²) in [6, 6.07) is 6.10. The zero-order chi connectivity index (χ0) is 17.3. The van der Waals surface area contributed by atoms with Gasteiger partial charge in [0.05, 0.1) is 32.9 Å². The summed E-state index contributed by atoms with van der Waals surface area (Å²) in [5.41, 5.74) is -0.186. The maximum absolute atomic E-state index is 12.9. The average molecular weight is 350 g/mol. The number of carbonyl (C=O) groups is 1. The van der Waals surface area contributed by atoms with Crippen molar-refractivity contribution in [2.45, 2.75) is 18.1 Å². The number of hydrogen-bond acceptors (Lipinski definition) is 5. The molecule has 136 valence electrons. The monoisotopic (exact) mass is 350 g/mol. The average Bonchev–Trinajstić information content (AvgIpc) is 3.06. The van der Waals surface area contributed by atoms with Crippen LogP contribution in [-0.2, 0) is 14.3 Å². The van der Waals surface area contributed by atoms with E-state index in [9.17, 15) is 9.18 Å². The number of morpholine rings is 1. The first-order valence-electron chi connectivity index (χ1n) is 8.75. The minimum absolute atomic E-state index is 0.0331. The molecule has 0 radical (unpaired) electrons. The molecule has 1 spiro atoms. The predicted molar refractivity (Wildman–Crippen MR) is 88.0 cm³/mol. The van der Waals surface area contributed by atoms with Gasteiger partial charge >= 0.3 is 0 Å². The molecule has 3 aliphatic heterocycles. The number of likely N-dealkylation sites (tertiary alicyclic amines) is 1. The lowest BCUT2D eigenvalue weighted by molar-refractivity contribution is -0.159. The van der Waals surface area contributed by atoms with Gasteiger partial charge in [-0.25, -0.2) is 4.39 Å². The number of hydrogen-bond donors (Lipinski definition) is 0. The molecule has 0 saturated carbocycles. The second-order valence-corrected chi connectivity index (χ2v) is 6.99. The summed E-state index contributed by atoms with van der Waals surface area (Å²) < 4.78 is 29.7. The Morgan fingerprint density at radius 3 is 2.68 bits per heavy atom. The first-order chi connectivity index (χ1) is 12.1. The van der Waals surface area contributed by atoms with E-state index >= 15 is 0 Å². The molecule has 1 atom stereocenters. The van der Waals surface area contributed by atoms with Crippen molar-refractivity contribution in [3.63, 3.8) is 0 Å². The zero-order valence-electron chi connectivity index (χ0n) is 14.2. The van der Waals surface area contributed by atoms with Gasteiger partial charge in [-0.2, -0.15) is 0 Å². The summed E-state index contributed by atoms with van der Waals surface area (Å²) >= 11 is 0. The Labute approximate surface area is 146 Å². The number of carbonyl (C=O) groups excluding carboxylic acids is 1. The summed E-state index contributed by atoms with van der Waals surface area (Å²) in [6.45, 7) is 5.43. The van der Waals surface area contributed by atoms with Crippen molar-refractivity contribution in [2.75, 3.05) is 52.6 Å². The Morgan fingerprint density at radius 1 is 1.24 bits per heavy atom. The van der Waals surface area contributed by atoms with E-state index < -0.39 is 0 Å². The maximum Gasteiger partial charge on any atom is 0.260 e. The molecule has 0 aromatic heterocycles. The van der Waals surface area contributed by atoms with Crippen LogP contribution in [0.3, 0.4) is 0 Å². The van der Waals surface area contributed by atoms with Crippen molar-refractivity contribution in [2.24, 2.45) is 0 Å². The van der Waals surface area contributed by atoms with Crippen molar-refractivity contribution < 1.29 is 23.4 Å². The minimum Gasteiger partial charge on any atom is -0.484 e. The van der Waals surface area contributed by atoms with E-state index in [2.05, 4.69) is 4.90 Å². The fraction of sp³-hybridized carbons (Fsp3) is 0.611. The predicted octanol–water partition coefficient (Wildman–Crippen LogP) is 0.907. The Morgan fingerprint density at radius 2 is 1.96 bits per heavy atom. The van der Waals surface area contributed by atoms with Crippen LogP contribution >= 0.6 is 0 Å². The number of nitrogens with zero attached hydrogens (tertiary/aromatic N) is 2. The van der Waals surface area contributed by atoms with Gasteiger partial charge in [0.15, 0.2) is 6.61 Å². The lowest BCUT2D eigenvalue weighted by atomic mass is 9.89. The molecule has 3 aliphatic rings. The summed E-state index contributed by atoms with van der Waals surface area (Å²) in [6.07, 6.45) is 0.968. The third-order valence-electron chi connectivity index (χ3n) is 5.24. The summed E-state index contributed by atoms with van der Waals surface area (Å²) in [5.74, 6) is 0.111. The van der Waals surface area contributed by atoms with Gasteiger partial charge in [-0.1, -0.05) is 0 Å². The van der Waals surface area contributed by atoms with E-state index in [1.54, 1.807) is 4.90 Å². The van der Waals surface area contributed by atoms with Gasteiger partial charge in [0.2, 0.25) is 0 Å². The van der Waals surface area contributed by atoms with Crippen molar-refractivity contribution >= 4 is 5.91 Å². The number of amides is 1. The molecule has 0 N–H and O–H groups in total. The second kappa shape index (κ2) is 6.90. The highest BCUT2D eigenvalue weighted by atomic mass is 19.1. The fourth-order valence-electron chi connectivity index (χ4n) is 3.81. The van der Waals surface area contributed by atoms with Crippen LogP contribution < -0.4 is 4.74 Å². The zero-order valence-corrected chi connectivity index (χ0v) is 14.2. The number of ether oxygens (including phenoxy) is 3. The summed E-state index contributed by atoms with van der Waals surface area (Å²) in [5, 5.41) is 0. The van der Waals surface area contributed by atoms with Crippen LogP contribution in [0, 0.1) is 5.82 Å². The molecule has 3 heterocycles. The molecule has 25 heavy (non-hydrogen) atoms. The molecule has 3 saturated heterocycles. The van der Waals surface area contributed by atoms with Crippen LogP contribution in [-0.4, -0.2) is 80.0 Å². The Kier molecular flexibility index (Phi) is 4.62. The van der Waals surface area contributed by atoms with Crippen LogP contribution in [0.15, 0.2) is 24.3 Å². The van der Waals surface area contributed by atoms with E-state index in [1.165, 1.54) is 24.3 Å². The second-order valence-electron chi connectivity index (χ2n) is 6.99. The fourth-order valence-corrected chi connectivity index (χ4v) is 3.81. The molecule has 1 aromatic carbocycles. The van der Waals surface area contributed by atoms with Crippen LogP contribution in [0.25, 0.3) is 0 Å². The van der Waals surface area contributed by atoms with Crippen LogP contribution in [0.5, 0.6) is 5.75 Å². The summed E-state index contributed by atoms with van der Waals surface area (Å²) in [4.78, 5) is 16.4. The van der Waals surface area contributed by atoms with E-state index in [-0.39, 0.29) is 23.9 Å². The van der Waals surface area contributed by atoms with Crippen LogP contribution in [0.1, 0.15) is 6.42 Å². The van der Waals surface area contributed by atoms with Gasteiger partial charge in [-0.15, -0.1) is 0 Å². The van der Waals surface area contributed by atoms with Crippen molar-refractivity contribution in [3.05, 3.63) is 30.1 Å². The highest BCUT2D eigenvalue weighted by Crippen LogP contribution is 2.37. The maximum atomic E-state index is 12.9. The van der Waals surface area contributed by atoms with Gasteiger partial charge in [0.1, 0.15) is 17.2 Å². The highest BCUT2D eigenvalue weighted by molar-refractivity contribution is 5.79. The lowest BCUT2D eigenvalue weighted by Crippen LogP contribution is -2.64. The van der Waals surface area contributed by atoms with E-state index in [1.807, 2.05) is 0 Å². The number of rotatable bonds is 4. The van der Waals surface area contributed by atoms with Crippen molar-refractivity contribution in [1.29, 1.82) is 0 Å². The van der Waals surface area contributed by atoms with Crippen LogP contribution in [0.2, 0.25) is 0 Å². The van der Waals surface area contributed by atoms with Crippen LogP contribution in [0.4, 0.5) is 4.39 Å². The summed E-state index contributed by atoms with van der Waals surface area (Å²) in [7, 11) is 0. The van der Waals surface area contributed by atoms with Gasteiger partial charge in [0, 0.05) is 19.1 Å². The molecule has 1 aromatic rings. The van der Waals surface area contributed by atoms with Crippen molar-refractivity contribution in [1.82, 2.24) is 9.80 Å². The Bertz CT molecular complexity index is 612. The SMILES string of the molecule is O=C(COc1ccc(F)cc1)N1CC2(CC(N3CCOCC3)CO2)C1. The molecule has 0 aliphatic carbocycles. The Hall–Kier alpha value is -1.70. The van der Waals surface area contributed by atoms with E-state index in [0.717, 1.165) is 39.3 Å². The first-order valence-corrected chi connectivity index (χ1v) is 8.75. The lowest BCUT2D eigenvalue weighted by Gasteiger charge is -2.47. The van der Waals surface area contributed by atoms with E-state index in [4.69, 9.17) is 14.2 Å². The molecule has 3 fully saturated rings. The molecule has 1 amide bonds. The van der Waals surface area contributed by atoms with Gasteiger partial charge in [0.25, 0.3) is 5.91 Å². The van der Waals surface area contributed by atoms with Gasteiger partial charge < -0.3 is 19.1 Å². The molecular formula is C18H23FN2O4. The number of benzene rings is 1. The van der Waals surface area contributed by atoms with Crippen molar-refractivity contribution in [3.8, 4) is 5.75 Å². The molecule has 4 rings (SSSR count).